The highest BCUT2D eigenvalue weighted by Crippen LogP contribution is 2.46. The van der Waals surface area contributed by atoms with Gasteiger partial charge in [-0.1, -0.05) is 12.8 Å². The van der Waals surface area contributed by atoms with Crippen LogP contribution in [0.4, 0.5) is 0 Å². The molecule has 2 heterocycles. The van der Waals surface area contributed by atoms with Crippen molar-refractivity contribution in [2.24, 2.45) is 11.1 Å². The Morgan fingerprint density at radius 2 is 1.89 bits per heavy atom. The van der Waals surface area contributed by atoms with Gasteiger partial charge in [0, 0.05) is 12.1 Å². The van der Waals surface area contributed by atoms with Crippen LogP contribution < -0.4 is 5.73 Å². The first kappa shape index (κ1) is 13.2. The van der Waals surface area contributed by atoms with Gasteiger partial charge in [0.1, 0.15) is 11.5 Å². The van der Waals surface area contributed by atoms with Gasteiger partial charge in [-0.2, -0.15) is 0 Å². The second-order valence-corrected chi connectivity index (χ2v) is 6.48. The Morgan fingerprint density at radius 1 is 1.21 bits per heavy atom. The maximum atomic E-state index is 5.65. The number of hydrogen-bond donors (Lipinski definition) is 1. The molecule has 1 saturated heterocycles. The van der Waals surface area contributed by atoms with Gasteiger partial charge in [-0.05, 0) is 57.2 Å². The minimum absolute atomic E-state index is 0.504. The Kier molecular flexibility index (Phi) is 3.68. The molecular formula is C16H26N2O. The van der Waals surface area contributed by atoms with E-state index in [9.17, 15) is 0 Å². The van der Waals surface area contributed by atoms with E-state index in [0.29, 0.717) is 12.0 Å². The van der Waals surface area contributed by atoms with Gasteiger partial charge in [0.2, 0.25) is 0 Å². The first-order chi connectivity index (χ1) is 9.21. The van der Waals surface area contributed by atoms with Gasteiger partial charge in [-0.25, -0.2) is 0 Å². The van der Waals surface area contributed by atoms with E-state index >= 15 is 0 Å². The molecule has 3 nitrogen and oxygen atoms in total. The lowest BCUT2D eigenvalue weighted by Crippen LogP contribution is -2.38. The number of piperidine rings is 1. The van der Waals surface area contributed by atoms with Crippen molar-refractivity contribution in [3.05, 3.63) is 23.2 Å². The van der Waals surface area contributed by atoms with Crippen LogP contribution in [0.5, 0.6) is 0 Å². The maximum absolute atomic E-state index is 5.65. The summed E-state index contributed by atoms with van der Waals surface area (Å²) in [6, 6.07) is 2.13. The molecule has 0 unspecified atom stereocenters. The number of hydrogen-bond acceptors (Lipinski definition) is 3. The van der Waals surface area contributed by atoms with E-state index in [4.69, 9.17) is 10.2 Å². The van der Waals surface area contributed by atoms with Crippen LogP contribution in [-0.2, 0) is 13.1 Å². The highest BCUT2D eigenvalue weighted by atomic mass is 16.3. The molecule has 0 amide bonds. The third-order valence-corrected chi connectivity index (χ3v) is 5.25. The molecule has 0 atom stereocenters. The van der Waals surface area contributed by atoms with Crippen molar-refractivity contribution >= 4 is 0 Å². The number of likely N-dealkylation sites (tertiary alicyclic amines) is 1. The van der Waals surface area contributed by atoms with Crippen molar-refractivity contribution in [1.82, 2.24) is 4.90 Å². The molecule has 1 aliphatic heterocycles. The van der Waals surface area contributed by atoms with Gasteiger partial charge in [-0.3, -0.25) is 4.90 Å². The van der Waals surface area contributed by atoms with Crippen molar-refractivity contribution < 1.29 is 4.42 Å². The molecule has 2 fully saturated rings. The minimum Gasteiger partial charge on any atom is -0.465 e. The SMILES string of the molecule is Cc1oc(CN)cc1CN1CCC2(CCCC2)CC1. The first-order valence-electron chi connectivity index (χ1n) is 7.71. The second kappa shape index (κ2) is 5.29. The number of nitrogens with zero attached hydrogens (tertiary/aromatic N) is 1. The number of rotatable bonds is 3. The van der Waals surface area contributed by atoms with Gasteiger partial charge < -0.3 is 10.2 Å². The molecule has 3 rings (SSSR count). The summed E-state index contributed by atoms with van der Waals surface area (Å²) in [5, 5.41) is 0. The molecule has 1 aromatic rings. The highest BCUT2D eigenvalue weighted by molar-refractivity contribution is 5.20. The zero-order chi connectivity index (χ0) is 13.3. The quantitative estimate of drug-likeness (QED) is 0.909. The topological polar surface area (TPSA) is 42.4 Å². The fourth-order valence-corrected chi connectivity index (χ4v) is 3.90. The summed E-state index contributed by atoms with van der Waals surface area (Å²) >= 11 is 0. The summed E-state index contributed by atoms with van der Waals surface area (Å²) in [5.41, 5.74) is 7.67. The number of furan rings is 1. The summed E-state index contributed by atoms with van der Waals surface area (Å²) in [5.74, 6) is 1.96. The fraction of sp³-hybridized carbons (Fsp3) is 0.750. The van der Waals surface area contributed by atoms with Crippen molar-refractivity contribution in [3.8, 4) is 0 Å². The number of nitrogens with two attached hydrogens (primary N) is 1. The van der Waals surface area contributed by atoms with Crippen LogP contribution in [0.2, 0.25) is 0 Å². The van der Waals surface area contributed by atoms with Gasteiger partial charge in [0.25, 0.3) is 0 Å². The molecule has 106 valence electrons. The first-order valence-corrected chi connectivity index (χ1v) is 7.71. The summed E-state index contributed by atoms with van der Waals surface area (Å²) < 4.78 is 5.65. The zero-order valence-electron chi connectivity index (χ0n) is 12.1. The molecule has 19 heavy (non-hydrogen) atoms. The average Bonchev–Trinajstić information content (AvgIpc) is 3.01. The van der Waals surface area contributed by atoms with Crippen LogP contribution in [0.25, 0.3) is 0 Å². The summed E-state index contributed by atoms with van der Waals surface area (Å²) in [6.07, 6.45) is 8.66. The third-order valence-electron chi connectivity index (χ3n) is 5.25. The predicted molar refractivity (Wildman–Crippen MR) is 76.7 cm³/mol. The molecule has 1 aromatic heterocycles. The lowest BCUT2D eigenvalue weighted by Gasteiger charge is -2.39. The predicted octanol–water partition coefficient (Wildman–Crippen LogP) is 3.20. The standard InChI is InChI=1S/C16H26N2O/c1-13-14(10-15(11-17)19-13)12-18-8-6-16(7-9-18)4-2-3-5-16/h10H,2-9,11-12,17H2,1H3. The lowest BCUT2D eigenvalue weighted by atomic mass is 9.77. The van der Waals surface area contributed by atoms with Crippen LogP contribution in [0.3, 0.4) is 0 Å². The smallest absolute Gasteiger partial charge is 0.118 e. The molecular weight excluding hydrogens is 236 g/mol. The molecule has 1 saturated carbocycles. The monoisotopic (exact) mass is 262 g/mol. The molecule has 1 aliphatic carbocycles. The van der Waals surface area contributed by atoms with Crippen molar-refractivity contribution in [2.75, 3.05) is 13.1 Å². The van der Waals surface area contributed by atoms with E-state index in [1.807, 2.05) is 0 Å². The maximum Gasteiger partial charge on any atom is 0.118 e. The van der Waals surface area contributed by atoms with Crippen molar-refractivity contribution in [3.63, 3.8) is 0 Å². The highest BCUT2D eigenvalue weighted by Gasteiger charge is 2.36. The van der Waals surface area contributed by atoms with E-state index in [1.165, 1.54) is 57.2 Å². The van der Waals surface area contributed by atoms with E-state index in [2.05, 4.69) is 17.9 Å². The molecule has 2 aliphatic rings. The van der Waals surface area contributed by atoms with Crippen LogP contribution in [0, 0.1) is 12.3 Å². The molecule has 3 heteroatoms. The molecule has 2 N–H and O–H groups in total. The molecule has 0 aromatic carbocycles. The second-order valence-electron chi connectivity index (χ2n) is 6.48. The molecule has 0 radical (unpaired) electrons. The average molecular weight is 262 g/mol. The zero-order valence-corrected chi connectivity index (χ0v) is 12.1. The lowest BCUT2D eigenvalue weighted by molar-refractivity contribution is 0.103. The van der Waals surface area contributed by atoms with E-state index in [-0.39, 0.29) is 0 Å². The van der Waals surface area contributed by atoms with E-state index < -0.39 is 0 Å². The van der Waals surface area contributed by atoms with E-state index in [0.717, 1.165) is 18.1 Å². The summed E-state index contributed by atoms with van der Waals surface area (Å²) in [6.45, 7) is 6.09. The van der Waals surface area contributed by atoms with Crippen molar-refractivity contribution in [1.29, 1.82) is 0 Å². The minimum atomic E-state index is 0.504. The summed E-state index contributed by atoms with van der Waals surface area (Å²) in [7, 11) is 0. The Morgan fingerprint density at radius 3 is 2.47 bits per heavy atom. The largest absolute Gasteiger partial charge is 0.465 e. The van der Waals surface area contributed by atoms with E-state index in [1.54, 1.807) is 0 Å². The Balaban J connectivity index is 1.58. The fourth-order valence-electron chi connectivity index (χ4n) is 3.90. The van der Waals surface area contributed by atoms with Crippen LogP contribution in [0.15, 0.2) is 10.5 Å². The number of aryl methyl sites for hydroxylation is 1. The van der Waals surface area contributed by atoms with Crippen LogP contribution >= 0.6 is 0 Å². The van der Waals surface area contributed by atoms with Gasteiger partial charge in [0.15, 0.2) is 0 Å². The molecule has 1 spiro atoms. The Bertz CT molecular complexity index is 422. The van der Waals surface area contributed by atoms with Crippen LogP contribution in [0.1, 0.15) is 55.6 Å². The Hall–Kier alpha value is -0.800. The summed E-state index contributed by atoms with van der Waals surface area (Å²) in [4.78, 5) is 2.59. The van der Waals surface area contributed by atoms with Gasteiger partial charge in [-0.15, -0.1) is 0 Å². The Labute approximate surface area is 116 Å². The van der Waals surface area contributed by atoms with Crippen molar-refractivity contribution in [2.45, 2.75) is 58.5 Å². The van der Waals surface area contributed by atoms with Crippen LogP contribution in [-0.4, -0.2) is 18.0 Å². The van der Waals surface area contributed by atoms with Gasteiger partial charge in [0.05, 0.1) is 6.54 Å². The molecule has 0 bridgehead atoms. The van der Waals surface area contributed by atoms with Gasteiger partial charge >= 0.3 is 0 Å². The normalized spacial score (nSPS) is 23.3. The third kappa shape index (κ3) is 2.72.